The summed E-state index contributed by atoms with van der Waals surface area (Å²) in [5.74, 6) is -1.85. The molecule has 0 radical (unpaired) electrons. The summed E-state index contributed by atoms with van der Waals surface area (Å²) in [7, 11) is 0. The molecule has 1 aromatic rings. The number of hydrogen-bond donors (Lipinski definition) is 1. The summed E-state index contributed by atoms with van der Waals surface area (Å²) in [4.78, 5) is 21.7. The minimum absolute atomic E-state index is 0.201. The van der Waals surface area contributed by atoms with Gasteiger partial charge in [-0.2, -0.15) is 13.2 Å². The number of carbonyl (C=O) groups is 2. The lowest BCUT2D eigenvalue weighted by atomic mass is 10.0. The molecule has 0 aliphatic carbocycles. The molecule has 0 aliphatic heterocycles. The molecule has 98 valence electrons. The second kappa shape index (κ2) is 5.39. The Morgan fingerprint density at radius 3 is 2.33 bits per heavy atom. The van der Waals surface area contributed by atoms with Crippen molar-refractivity contribution >= 4 is 23.4 Å². The lowest BCUT2D eigenvalue weighted by Crippen LogP contribution is -2.09. The quantitative estimate of drug-likeness (QED) is 0.860. The van der Waals surface area contributed by atoms with Gasteiger partial charge in [-0.1, -0.05) is 11.6 Å². The summed E-state index contributed by atoms with van der Waals surface area (Å²) in [5, 5.41) is 7.88. The van der Waals surface area contributed by atoms with Crippen LogP contribution in [-0.2, 0) is 11.0 Å². The SMILES string of the molecule is O=C(O)CCC(=O)c1ccc(Cl)c(C(F)(F)F)c1. The van der Waals surface area contributed by atoms with Gasteiger partial charge in [0.1, 0.15) is 0 Å². The molecule has 0 heterocycles. The van der Waals surface area contributed by atoms with Crippen molar-refractivity contribution in [3.8, 4) is 0 Å². The highest BCUT2D eigenvalue weighted by atomic mass is 35.5. The first-order chi connectivity index (χ1) is 8.21. The van der Waals surface area contributed by atoms with Crippen molar-refractivity contribution in [3.05, 3.63) is 34.3 Å². The predicted molar refractivity (Wildman–Crippen MR) is 57.7 cm³/mol. The van der Waals surface area contributed by atoms with E-state index in [0.717, 1.165) is 12.1 Å². The maximum atomic E-state index is 12.5. The van der Waals surface area contributed by atoms with Crippen LogP contribution in [0.2, 0.25) is 5.02 Å². The number of benzene rings is 1. The Morgan fingerprint density at radius 2 is 1.83 bits per heavy atom. The molecule has 0 fully saturated rings. The molecule has 0 spiro atoms. The number of halogens is 4. The van der Waals surface area contributed by atoms with Crippen LogP contribution in [0.1, 0.15) is 28.8 Å². The van der Waals surface area contributed by atoms with Crippen LogP contribution in [0.4, 0.5) is 13.2 Å². The van der Waals surface area contributed by atoms with Crippen molar-refractivity contribution in [1.29, 1.82) is 0 Å². The molecule has 0 saturated carbocycles. The number of alkyl halides is 3. The van der Waals surface area contributed by atoms with Crippen molar-refractivity contribution in [2.45, 2.75) is 19.0 Å². The van der Waals surface area contributed by atoms with E-state index in [1.165, 1.54) is 0 Å². The van der Waals surface area contributed by atoms with Crippen LogP contribution < -0.4 is 0 Å². The van der Waals surface area contributed by atoms with Crippen LogP contribution in [0, 0.1) is 0 Å². The molecule has 0 saturated heterocycles. The van der Waals surface area contributed by atoms with Crippen molar-refractivity contribution in [2.75, 3.05) is 0 Å². The standard InChI is InChI=1S/C11H8ClF3O3/c12-8-2-1-6(5-7(8)11(13,14)15)9(16)3-4-10(17)18/h1-2,5H,3-4H2,(H,17,18). The second-order valence-corrected chi connectivity index (χ2v) is 3.92. The zero-order valence-electron chi connectivity index (χ0n) is 8.92. The summed E-state index contributed by atoms with van der Waals surface area (Å²) >= 11 is 5.39. The summed E-state index contributed by atoms with van der Waals surface area (Å²) in [6.07, 6.45) is -5.43. The molecule has 0 aromatic heterocycles. The Bertz CT molecular complexity index is 483. The van der Waals surface area contributed by atoms with E-state index in [4.69, 9.17) is 16.7 Å². The molecule has 0 aliphatic rings. The highest BCUT2D eigenvalue weighted by Crippen LogP contribution is 2.35. The smallest absolute Gasteiger partial charge is 0.417 e. The maximum Gasteiger partial charge on any atom is 0.417 e. The third kappa shape index (κ3) is 3.73. The van der Waals surface area contributed by atoms with Gasteiger partial charge in [0.05, 0.1) is 17.0 Å². The Hall–Kier alpha value is -1.56. The van der Waals surface area contributed by atoms with Crippen LogP contribution in [0.3, 0.4) is 0 Å². The normalized spacial score (nSPS) is 11.3. The van der Waals surface area contributed by atoms with Crippen LogP contribution in [0.15, 0.2) is 18.2 Å². The summed E-state index contributed by atoms with van der Waals surface area (Å²) < 4.78 is 37.5. The summed E-state index contributed by atoms with van der Waals surface area (Å²) in [6.45, 7) is 0. The topological polar surface area (TPSA) is 54.4 Å². The number of carboxylic acid groups (broad SMARTS) is 1. The van der Waals surface area contributed by atoms with Gasteiger partial charge in [0, 0.05) is 12.0 Å². The van der Waals surface area contributed by atoms with Gasteiger partial charge in [0.15, 0.2) is 5.78 Å². The molecule has 7 heteroatoms. The number of hydrogen-bond acceptors (Lipinski definition) is 2. The van der Waals surface area contributed by atoms with Crippen molar-refractivity contribution in [3.63, 3.8) is 0 Å². The van der Waals surface area contributed by atoms with Crippen LogP contribution in [-0.4, -0.2) is 16.9 Å². The van der Waals surface area contributed by atoms with E-state index < -0.39 is 34.9 Å². The Kier molecular flexibility index (Phi) is 4.34. The number of aliphatic carboxylic acids is 1. The molecule has 0 amide bonds. The highest BCUT2D eigenvalue weighted by Gasteiger charge is 2.33. The van der Waals surface area contributed by atoms with Gasteiger partial charge in [0.2, 0.25) is 0 Å². The van der Waals surface area contributed by atoms with Crippen molar-refractivity contribution in [2.24, 2.45) is 0 Å². The molecule has 1 aromatic carbocycles. The Labute approximate surface area is 105 Å². The fourth-order valence-corrected chi connectivity index (χ4v) is 1.51. The van der Waals surface area contributed by atoms with E-state index in [9.17, 15) is 22.8 Å². The number of carbonyl (C=O) groups excluding carboxylic acids is 1. The van der Waals surface area contributed by atoms with E-state index in [-0.39, 0.29) is 12.0 Å². The molecule has 1 N–H and O–H groups in total. The van der Waals surface area contributed by atoms with E-state index in [0.29, 0.717) is 6.07 Å². The lowest BCUT2D eigenvalue weighted by Gasteiger charge is -2.10. The van der Waals surface area contributed by atoms with Gasteiger partial charge >= 0.3 is 12.1 Å². The van der Waals surface area contributed by atoms with E-state index >= 15 is 0 Å². The van der Waals surface area contributed by atoms with Crippen molar-refractivity contribution < 1.29 is 27.9 Å². The third-order valence-corrected chi connectivity index (χ3v) is 2.49. The molecule has 18 heavy (non-hydrogen) atoms. The van der Waals surface area contributed by atoms with E-state index in [2.05, 4.69) is 0 Å². The van der Waals surface area contributed by atoms with Crippen molar-refractivity contribution in [1.82, 2.24) is 0 Å². The number of Topliss-reactive ketones (excluding diaryl/α,β-unsaturated/α-hetero) is 1. The summed E-state index contributed by atoms with van der Waals surface area (Å²) in [6, 6.07) is 2.74. The van der Waals surface area contributed by atoms with Crippen LogP contribution in [0.25, 0.3) is 0 Å². The second-order valence-electron chi connectivity index (χ2n) is 3.51. The molecule has 0 atom stereocenters. The van der Waals surface area contributed by atoms with E-state index in [1.54, 1.807) is 0 Å². The lowest BCUT2D eigenvalue weighted by molar-refractivity contribution is -0.138. The van der Waals surface area contributed by atoms with Gasteiger partial charge in [-0.05, 0) is 18.2 Å². The van der Waals surface area contributed by atoms with Gasteiger partial charge in [0.25, 0.3) is 0 Å². The fourth-order valence-electron chi connectivity index (χ4n) is 1.28. The third-order valence-electron chi connectivity index (χ3n) is 2.16. The van der Waals surface area contributed by atoms with Crippen LogP contribution in [0.5, 0.6) is 0 Å². The zero-order valence-corrected chi connectivity index (χ0v) is 9.68. The van der Waals surface area contributed by atoms with Gasteiger partial charge in [-0.15, -0.1) is 0 Å². The molecular formula is C11H8ClF3O3. The Morgan fingerprint density at radius 1 is 1.22 bits per heavy atom. The number of rotatable bonds is 4. The number of carboxylic acids is 1. The van der Waals surface area contributed by atoms with Crippen LogP contribution >= 0.6 is 11.6 Å². The first-order valence-electron chi connectivity index (χ1n) is 4.83. The molecular weight excluding hydrogens is 273 g/mol. The Balaban J connectivity index is 2.98. The average Bonchev–Trinajstić information content (AvgIpc) is 2.24. The highest BCUT2D eigenvalue weighted by molar-refractivity contribution is 6.31. The fraction of sp³-hybridized carbons (Fsp3) is 0.273. The van der Waals surface area contributed by atoms with Gasteiger partial charge in [-0.3, -0.25) is 9.59 Å². The minimum atomic E-state index is -4.65. The monoisotopic (exact) mass is 280 g/mol. The molecule has 3 nitrogen and oxygen atoms in total. The maximum absolute atomic E-state index is 12.5. The van der Waals surface area contributed by atoms with Gasteiger partial charge < -0.3 is 5.11 Å². The molecule has 1 rings (SSSR count). The molecule has 0 bridgehead atoms. The summed E-state index contributed by atoms with van der Waals surface area (Å²) in [5.41, 5.74) is -1.31. The predicted octanol–water partition coefficient (Wildman–Crippen LogP) is 3.41. The van der Waals surface area contributed by atoms with Gasteiger partial charge in [-0.25, -0.2) is 0 Å². The molecule has 0 unspecified atom stereocenters. The minimum Gasteiger partial charge on any atom is -0.481 e. The zero-order chi connectivity index (χ0) is 13.9. The van der Waals surface area contributed by atoms with E-state index in [1.807, 2.05) is 0 Å². The first-order valence-corrected chi connectivity index (χ1v) is 5.21. The first kappa shape index (κ1) is 14.5. The average molecular weight is 281 g/mol. The largest absolute Gasteiger partial charge is 0.481 e. The number of ketones is 1.